The van der Waals surface area contributed by atoms with Gasteiger partial charge in [-0.2, -0.15) is 4.72 Å². The van der Waals surface area contributed by atoms with E-state index in [2.05, 4.69) is 10.0 Å². The molecule has 1 saturated carbocycles. The molecule has 1 amide bonds. The summed E-state index contributed by atoms with van der Waals surface area (Å²) in [5.74, 6) is 0.577. The Hall–Kier alpha value is -2.09. The van der Waals surface area contributed by atoms with Crippen molar-refractivity contribution in [2.24, 2.45) is 0 Å². The number of hydrogen-bond acceptors (Lipinski definition) is 4. The molecule has 0 aromatic heterocycles. The molecule has 0 aliphatic heterocycles. The molecule has 0 radical (unpaired) electrons. The fourth-order valence-electron chi connectivity index (χ4n) is 4.08. The lowest BCUT2D eigenvalue weighted by atomic mass is 9.76. The first-order chi connectivity index (χ1) is 15.6. The van der Waals surface area contributed by atoms with E-state index in [9.17, 15) is 13.2 Å². The van der Waals surface area contributed by atoms with E-state index >= 15 is 0 Å². The van der Waals surface area contributed by atoms with Crippen LogP contribution < -0.4 is 14.8 Å². The number of ether oxygens (including phenoxy) is 1. The summed E-state index contributed by atoms with van der Waals surface area (Å²) in [6.07, 6.45) is 7.32. The summed E-state index contributed by atoms with van der Waals surface area (Å²) in [6, 6.07) is 13.6. The summed E-state index contributed by atoms with van der Waals surface area (Å²) in [6.45, 7) is 3.17. The molecule has 2 aromatic carbocycles. The van der Waals surface area contributed by atoms with Gasteiger partial charge in [0.1, 0.15) is 5.75 Å². The van der Waals surface area contributed by atoms with Crippen LogP contribution in [0.15, 0.2) is 42.5 Å². The Labute approximate surface area is 202 Å². The Morgan fingerprint density at radius 3 is 2.52 bits per heavy atom. The first-order valence-corrected chi connectivity index (χ1v) is 13.7. The molecule has 2 aliphatic rings. The van der Waals surface area contributed by atoms with Crippen LogP contribution in [0.5, 0.6) is 5.75 Å². The van der Waals surface area contributed by atoms with Crippen LogP contribution in [0.1, 0.15) is 62.1 Å². The van der Waals surface area contributed by atoms with Gasteiger partial charge in [-0.3, -0.25) is 4.79 Å². The zero-order chi connectivity index (χ0) is 24.0. The maximum atomic E-state index is 11.8. The number of amides is 1. The molecule has 0 heterocycles. The zero-order valence-corrected chi connectivity index (χ0v) is 21.0. The highest BCUT2D eigenvalue weighted by Gasteiger charge is 2.31. The molecule has 4 rings (SSSR count). The van der Waals surface area contributed by atoms with Crippen molar-refractivity contribution < 1.29 is 17.9 Å². The molecule has 180 valence electrons. The van der Waals surface area contributed by atoms with Crippen molar-refractivity contribution in [3.05, 3.63) is 64.2 Å². The number of carbonyl (C=O) groups excluding carboxylic acids is 1. The van der Waals surface area contributed by atoms with Crippen molar-refractivity contribution in [1.29, 1.82) is 0 Å². The van der Waals surface area contributed by atoms with Gasteiger partial charge in [-0.15, -0.1) is 0 Å². The molecular formula is C25H33ClN2O4S. The van der Waals surface area contributed by atoms with E-state index in [-0.39, 0.29) is 17.9 Å². The first kappa shape index (κ1) is 25.5. The lowest BCUT2D eigenvalue weighted by Gasteiger charge is -2.34. The first-order valence-electron chi connectivity index (χ1n) is 11.4. The summed E-state index contributed by atoms with van der Waals surface area (Å²) in [7, 11) is -3.37. The minimum Gasteiger partial charge on any atom is -0.475 e. The summed E-state index contributed by atoms with van der Waals surface area (Å²) in [5.41, 5.74) is 3.40. The molecule has 2 N–H and O–H groups in total. The smallest absolute Gasteiger partial charge is 0.217 e. The minimum absolute atomic E-state index is 0.00389. The highest BCUT2D eigenvalue weighted by atomic mass is 35.5. The van der Waals surface area contributed by atoms with Crippen LogP contribution in [-0.4, -0.2) is 32.9 Å². The number of nitrogens with one attached hydrogen (secondary N) is 2. The minimum atomic E-state index is -3.37. The third-order valence-electron chi connectivity index (χ3n) is 5.51. The number of sulfonamides is 1. The molecule has 0 spiro atoms. The van der Waals surface area contributed by atoms with Gasteiger partial charge in [0.2, 0.25) is 15.9 Å². The summed E-state index contributed by atoms with van der Waals surface area (Å²) >= 11 is 6.17. The highest BCUT2D eigenvalue weighted by molar-refractivity contribution is 7.88. The quantitative estimate of drug-likeness (QED) is 0.555. The standard InChI is InChI=1S/C22H27ClN2O4S.C3H6/c1-14(26)24-22-10-8-17-7-9-19(29-15(2)25-30(3,27)28)13-20(17)21(22)12-16-5-4-6-18(23)11-16;1-2-3-1/h4-7,9,11,13,15,21-22,25H,8,10,12H2,1-3H3,(H,24,26);1-3H2. The predicted molar refractivity (Wildman–Crippen MR) is 132 cm³/mol. The second-order valence-corrected chi connectivity index (χ2v) is 11.1. The van der Waals surface area contributed by atoms with E-state index in [0.29, 0.717) is 10.8 Å². The van der Waals surface area contributed by atoms with Gasteiger partial charge in [0.25, 0.3) is 0 Å². The molecule has 3 atom stereocenters. The van der Waals surface area contributed by atoms with Crippen LogP contribution >= 0.6 is 11.6 Å². The molecule has 8 heteroatoms. The fourth-order valence-corrected chi connectivity index (χ4v) is 4.95. The van der Waals surface area contributed by atoms with Crippen molar-refractivity contribution in [3.63, 3.8) is 0 Å². The van der Waals surface area contributed by atoms with Crippen LogP contribution in [0.2, 0.25) is 5.02 Å². The number of rotatable bonds is 7. The molecule has 2 aliphatic carbocycles. The molecular weight excluding hydrogens is 460 g/mol. The average Bonchev–Trinajstić information content (AvgIpc) is 3.57. The van der Waals surface area contributed by atoms with Crippen molar-refractivity contribution in [2.45, 2.75) is 70.6 Å². The Balaban J connectivity index is 0.000000942. The van der Waals surface area contributed by atoms with Gasteiger partial charge in [-0.25, -0.2) is 8.42 Å². The number of hydrogen-bond donors (Lipinski definition) is 2. The van der Waals surface area contributed by atoms with Gasteiger partial charge in [-0.1, -0.05) is 49.1 Å². The van der Waals surface area contributed by atoms with Gasteiger partial charge in [0.05, 0.1) is 6.26 Å². The summed E-state index contributed by atoms with van der Waals surface area (Å²) < 4.78 is 31.1. The molecule has 6 nitrogen and oxygen atoms in total. The van der Waals surface area contributed by atoms with Crippen molar-refractivity contribution >= 4 is 27.5 Å². The van der Waals surface area contributed by atoms with E-state index in [1.54, 1.807) is 6.92 Å². The highest BCUT2D eigenvalue weighted by Crippen LogP contribution is 2.37. The molecule has 1 fully saturated rings. The Bertz CT molecular complexity index is 1070. The van der Waals surface area contributed by atoms with Gasteiger partial charge in [0.15, 0.2) is 6.23 Å². The predicted octanol–water partition coefficient (Wildman–Crippen LogP) is 4.56. The van der Waals surface area contributed by atoms with E-state index in [1.807, 2.05) is 42.5 Å². The second kappa shape index (κ2) is 11.4. The van der Waals surface area contributed by atoms with E-state index in [1.165, 1.54) is 31.7 Å². The molecule has 2 aromatic rings. The molecule has 3 unspecified atom stereocenters. The van der Waals surface area contributed by atoms with Crippen molar-refractivity contribution in [3.8, 4) is 5.75 Å². The lowest BCUT2D eigenvalue weighted by molar-refractivity contribution is -0.119. The maximum Gasteiger partial charge on any atom is 0.217 e. The van der Waals surface area contributed by atoms with Crippen LogP contribution in [0.3, 0.4) is 0 Å². The van der Waals surface area contributed by atoms with Gasteiger partial charge < -0.3 is 10.1 Å². The van der Waals surface area contributed by atoms with E-state index < -0.39 is 16.3 Å². The largest absolute Gasteiger partial charge is 0.475 e. The Morgan fingerprint density at radius 2 is 1.91 bits per heavy atom. The van der Waals surface area contributed by atoms with Crippen LogP contribution in [0.4, 0.5) is 0 Å². The van der Waals surface area contributed by atoms with Crippen molar-refractivity contribution in [2.75, 3.05) is 6.26 Å². The molecule has 0 bridgehead atoms. The second-order valence-electron chi connectivity index (χ2n) is 8.86. The Morgan fingerprint density at radius 1 is 1.18 bits per heavy atom. The normalized spacial score (nSPS) is 20.0. The lowest BCUT2D eigenvalue weighted by Crippen LogP contribution is -2.41. The zero-order valence-electron chi connectivity index (χ0n) is 19.4. The van der Waals surface area contributed by atoms with Gasteiger partial charge in [-0.05, 0) is 67.1 Å². The van der Waals surface area contributed by atoms with Gasteiger partial charge in [0, 0.05) is 23.9 Å². The summed E-state index contributed by atoms with van der Waals surface area (Å²) in [5, 5.41) is 3.77. The number of aryl methyl sites for hydroxylation is 1. The van der Waals surface area contributed by atoms with Crippen molar-refractivity contribution in [1.82, 2.24) is 10.0 Å². The van der Waals surface area contributed by atoms with Crippen LogP contribution in [0.25, 0.3) is 0 Å². The van der Waals surface area contributed by atoms with Crippen LogP contribution in [-0.2, 0) is 27.7 Å². The molecule has 0 saturated heterocycles. The number of benzene rings is 2. The third kappa shape index (κ3) is 8.65. The average molecular weight is 493 g/mol. The SMILES string of the molecule is C1CC1.CC(=O)NC1CCc2ccc(OC(C)NS(C)(=O)=O)cc2C1Cc1cccc(Cl)c1. The third-order valence-corrected chi connectivity index (χ3v) is 6.50. The Kier molecular flexibility index (Phi) is 8.79. The van der Waals surface area contributed by atoms with E-state index in [0.717, 1.165) is 36.6 Å². The number of carbonyl (C=O) groups is 1. The molecule has 33 heavy (non-hydrogen) atoms. The van der Waals surface area contributed by atoms with Gasteiger partial charge >= 0.3 is 0 Å². The number of halogens is 1. The monoisotopic (exact) mass is 492 g/mol. The fraction of sp³-hybridized carbons (Fsp3) is 0.480. The topological polar surface area (TPSA) is 84.5 Å². The maximum absolute atomic E-state index is 11.8. The number of fused-ring (bicyclic) bond motifs is 1. The summed E-state index contributed by atoms with van der Waals surface area (Å²) in [4.78, 5) is 11.8. The van der Waals surface area contributed by atoms with Crippen LogP contribution in [0, 0.1) is 0 Å². The van der Waals surface area contributed by atoms with E-state index in [4.69, 9.17) is 16.3 Å².